The molecular weight excluding hydrogens is 297 g/mol. The van der Waals surface area contributed by atoms with Gasteiger partial charge in [0.25, 0.3) is 0 Å². The van der Waals surface area contributed by atoms with Crippen molar-refractivity contribution in [1.82, 2.24) is 0 Å². The average molecular weight is 311 g/mol. The van der Waals surface area contributed by atoms with Crippen molar-refractivity contribution in [3.63, 3.8) is 0 Å². The minimum atomic E-state index is -4.51. The van der Waals surface area contributed by atoms with Gasteiger partial charge in [-0.1, -0.05) is 36.2 Å². The molecule has 0 aliphatic rings. The van der Waals surface area contributed by atoms with E-state index in [1.54, 1.807) is 13.8 Å². The molecule has 0 saturated heterocycles. The average Bonchev–Trinajstić information content (AvgIpc) is 2.00. The number of halogens is 4. The molecular formula is C8H14BrF3O2S. The molecule has 92 valence electrons. The van der Waals surface area contributed by atoms with Crippen LogP contribution in [0.5, 0.6) is 0 Å². The van der Waals surface area contributed by atoms with Crippen LogP contribution in [0.2, 0.25) is 0 Å². The maximum absolute atomic E-state index is 12.1. The van der Waals surface area contributed by atoms with Crippen LogP contribution in [0, 0.1) is 5.92 Å². The molecule has 0 bridgehead atoms. The van der Waals surface area contributed by atoms with Crippen molar-refractivity contribution in [2.75, 3.05) is 11.5 Å². The fraction of sp³-hybridized carbons (Fsp3) is 1.00. The summed E-state index contributed by atoms with van der Waals surface area (Å²) in [6.07, 6.45) is -3.87. The van der Waals surface area contributed by atoms with Gasteiger partial charge in [-0.05, 0) is 5.92 Å². The maximum Gasteiger partial charge on any atom is 0.402 e. The Labute approximate surface area is 96.3 Å². The Morgan fingerprint density at radius 2 is 1.73 bits per heavy atom. The second-order valence-corrected chi connectivity index (χ2v) is 6.86. The van der Waals surface area contributed by atoms with Gasteiger partial charge in [-0.15, -0.1) is 0 Å². The van der Waals surface area contributed by atoms with E-state index in [1.165, 1.54) is 0 Å². The Kier molecular flexibility index (Phi) is 5.60. The molecule has 0 aliphatic carbocycles. The lowest BCUT2D eigenvalue weighted by atomic mass is 10.2. The van der Waals surface area contributed by atoms with Crippen LogP contribution < -0.4 is 0 Å². The summed E-state index contributed by atoms with van der Waals surface area (Å²) in [4.78, 5) is -1.97. The topological polar surface area (TPSA) is 34.1 Å². The Balaban J connectivity index is 4.40. The summed E-state index contributed by atoms with van der Waals surface area (Å²) in [6.45, 7) is 3.50. The molecule has 0 aromatic carbocycles. The standard InChI is InChI=1S/C8H14BrF3O2S/c1-3-6(2)4-15(13,14)5-7(9)8(10,11)12/h6-7H,3-5H2,1-2H3. The van der Waals surface area contributed by atoms with E-state index in [0.717, 1.165) is 0 Å². The van der Waals surface area contributed by atoms with E-state index < -0.39 is 26.6 Å². The molecule has 2 atom stereocenters. The zero-order valence-corrected chi connectivity index (χ0v) is 10.9. The normalized spacial score (nSPS) is 17.5. The highest BCUT2D eigenvalue weighted by molar-refractivity contribution is 9.09. The zero-order valence-electron chi connectivity index (χ0n) is 8.51. The summed E-state index contributed by atoms with van der Waals surface area (Å²) in [5.41, 5.74) is 0. The molecule has 0 fully saturated rings. The van der Waals surface area contributed by atoms with E-state index >= 15 is 0 Å². The molecule has 0 amide bonds. The summed E-state index contributed by atoms with van der Waals surface area (Å²) in [6, 6.07) is 0. The van der Waals surface area contributed by atoms with Gasteiger partial charge in [-0.3, -0.25) is 0 Å². The first-order valence-corrected chi connectivity index (χ1v) is 7.23. The van der Waals surface area contributed by atoms with Crippen LogP contribution in [0.25, 0.3) is 0 Å². The van der Waals surface area contributed by atoms with Crippen molar-refractivity contribution in [2.24, 2.45) is 5.92 Å². The SMILES string of the molecule is CCC(C)CS(=O)(=O)CC(Br)C(F)(F)F. The predicted molar refractivity (Wildman–Crippen MR) is 56.9 cm³/mol. The van der Waals surface area contributed by atoms with Crippen LogP contribution in [0.1, 0.15) is 20.3 Å². The fourth-order valence-electron chi connectivity index (χ4n) is 0.937. The lowest BCUT2D eigenvalue weighted by Crippen LogP contribution is -2.32. The van der Waals surface area contributed by atoms with Gasteiger partial charge in [0, 0.05) is 0 Å². The minimum Gasteiger partial charge on any atom is -0.229 e. The molecule has 0 aromatic heterocycles. The Morgan fingerprint density at radius 1 is 1.27 bits per heavy atom. The van der Waals surface area contributed by atoms with Gasteiger partial charge in [-0.2, -0.15) is 13.2 Å². The third-order valence-corrected chi connectivity index (χ3v) is 5.18. The quantitative estimate of drug-likeness (QED) is 0.732. The van der Waals surface area contributed by atoms with E-state index in [-0.39, 0.29) is 11.7 Å². The van der Waals surface area contributed by atoms with E-state index in [0.29, 0.717) is 6.42 Å². The summed E-state index contributed by atoms with van der Waals surface area (Å²) in [5.74, 6) is -1.19. The molecule has 0 aromatic rings. The molecule has 0 heterocycles. The molecule has 0 saturated carbocycles. The predicted octanol–water partition coefficient (Wildman–Crippen LogP) is 2.77. The van der Waals surface area contributed by atoms with E-state index in [9.17, 15) is 21.6 Å². The van der Waals surface area contributed by atoms with Gasteiger partial charge in [0.2, 0.25) is 0 Å². The Morgan fingerprint density at radius 3 is 2.07 bits per heavy atom. The fourth-order valence-corrected chi connectivity index (χ4v) is 4.02. The highest BCUT2D eigenvalue weighted by Gasteiger charge is 2.40. The minimum absolute atomic E-state index is 0.108. The number of rotatable bonds is 5. The number of hydrogen-bond donors (Lipinski definition) is 0. The second-order valence-electron chi connectivity index (χ2n) is 3.60. The summed E-state index contributed by atoms with van der Waals surface area (Å²) in [7, 11) is -3.64. The first-order chi connectivity index (χ1) is 6.58. The van der Waals surface area contributed by atoms with Crippen LogP contribution in [0.15, 0.2) is 0 Å². The van der Waals surface area contributed by atoms with E-state index in [2.05, 4.69) is 15.9 Å². The highest BCUT2D eigenvalue weighted by Crippen LogP contribution is 2.27. The molecule has 7 heteroatoms. The van der Waals surface area contributed by atoms with Gasteiger partial charge < -0.3 is 0 Å². The maximum atomic E-state index is 12.1. The number of hydrogen-bond acceptors (Lipinski definition) is 2. The van der Waals surface area contributed by atoms with Crippen LogP contribution in [0.4, 0.5) is 13.2 Å². The third kappa shape index (κ3) is 6.40. The molecule has 0 spiro atoms. The van der Waals surface area contributed by atoms with Crippen molar-refractivity contribution in [2.45, 2.75) is 31.3 Å². The van der Waals surface area contributed by atoms with Crippen LogP contribution in [-0.4, -0.2) is 30.9 Å². The van der Waals surface area contributed by atoms with Gasteiger partial charge in [0.05, 0.1) is 11.5 Å². The smallest absolute Gasteiger partial charge is 0.229 e. The molecule has 2 unspecified atom stereocenters. The number of sulfone groups is 1. The van der Waals surface area contributed by atoms with E-state index in [4.69, 9.17) is 0 Å². The summed E-state index contributed by atoms with van der Waals surface area (Å²) >= 11 is 2.34. The summed E-state index contributed by atoms with van der Waals surface area (Å²) < 4.78 is 58.9. The highest BCUT2D eigenvalue weighted by atomic mass is 79.9. The molecule has 0 radical (unpaired) electrons. The summed E-state index contributed by atoms with van der Waals surface area (Å²) in [5, 5.41) is 0. The largest absolute Gasteiger partial charge is 0.402 e. The van der Waals surface area contributed by atoms with Gasteiger partial charge in [0.15, 0.2) is 9.84 Å². The van der Waals surface area contributed by atoms with Crippen LogP contribution >= 0.6 is 15.9 Å². The first kappa shape index (κ1) is 15.2. The van der Waals surface area contributed by atoms with Crippen molar-refractivity contribution >= 4 is 25.8 Å². The van der Waals surface area contributed by atoms with Crippen molar-refractivity contribution in [1.29, 1.82) is 0 Å². The van der Waals surface area contributed by atoms with Crippen molar-refractivity contribution in [3.05, 3.63) is 0 Å². The molecule has 2 nitrogen and oxygen atoms in total. The van der Waals surface area contributed by atoms with Gasteiger partial charge in [-0.25, -0.2) is 8.42 Å². The molecule has 0 N–H and O–H groups in total. The molecule has 15 heavy (non-hydrogen) atoms. The lowest BCUT2D eigenvalue weighted by Gasteiger charge is -2.15. The van der Waals surface area contributed by atoms with Crippen LogP contribution in [-0.2, 0) is 9.84 Å². The second kappa shape index (κ2) is 5.52. The Bertz CT molecular complexity index is 287. The van der Waals surface area contributed by atoms with Gasteiger partial charge in [0.1, 0.15) is 4.83 Å². The van der Waals surface area contributed by atoms with Gasteiger partial charge >= 0.3 is 6.18 Å². The lowest BCUT2D eigenvalue weighted by molar-refractivity contribution is -0.123. The van der Waals surface area contributed by atoms with E-state index in [1.807, 2.05) is 0 Å². The monoisotopic (exact) mass is 310 g/mol. The van der Waals surface area contributed by atoms with Crippen molar-refractivity contribution in [3.8, 4) is 0 Å². The third-order valence-electron chi connectivity index (χ3n) is 1.99. The van der Waals surface area contributed by atoms with Crippen LogP contribution in [0.3, 0.4) is 0 Å². The number of alkyl halides is 4. The van der Waals surface area contributed by atoms with Crippen molar-refractivity contribution < 1.29 is 21.6 Å². The Hall–Kier alpha value is 0.220. The molecule has 0 aliphatic heterocycles. The zero-order chi connectivity index (χ0) is 12.3. The molecule has 0 rings (SSSR count). The first-order valence-electron chi connectivity index (χ1n) is 4.49.